The topological polar surface area (TPSA) is 0 Å². The van der Waals surface area contributed by atoms with Crippen LogP contribution >= 0.6 is 0 Å². The van der Waals surface area contributed by atoms with Crippen LogP contribution in [0.2, 0.25) is 0 Å². The van der Waals surface area contributed by atoms with Crippen molar-refractivity contribution in [2.75, 3.05) is 0 Å². The van der Waals surface area contributed by atoms with Crippen LogP contribution in [0.3, 0.4) is 0 Å². The molecule has 0 N–H and O–H groups in total. The van der Waals surface area contributed by atoms with E-state index in [-0.39, 0.29) is 0 Å². The van der Waals surface area contributed by atoms with Gasteiger partial charge in [-0.3, -0.25) is 0 Å². The first kappa shape index (κ1) is 14.0. The SMILES string of the molecule is C=C(C)CCC(=C\C)/C(/C=C\C)=C/CC. The predicted octanol–water partition coefficient (Wildman–Crippen LogP) is 5.20. The van der Waals surface area contributed by atoms with Crippen LogP contribution in [0.1, 0.15) is 47.0 Å². The molecule has 0 aromatic rings. The zero-order chi connectivity index (χ0) is 11.7. The highest BCUT2D eigenvalue weighted by molar-refractivity contribution is 5.39. The fourth-order valence-corrected chi connectivity index (χ4v) is 1.51. The molecule has 0 atom stereocenters. The molecule has 0 fully saturated rings. The molecule has 0 amide bonds. The molecule has 0 aliphatic rings. The van der Waals surface area contributed by atoms with E-state index in [9.17, 15) is 0 Å². The molecule has 0 aromatic heterocycles. The van der Waals surface area contributed by atoms with Crippen LogP contribution in [0.5, 0.6) is 0 Å². The van der Waals surface area contributed by atoms with Gasteiger partial charge in [0.2, 0.25) is 0 Å². The first-order chi connectivity index (χ1) is 7.15. The molecule has 0 aliphatic heterocycles. The Morgan fingerprint density at radius 2 is 1.87 bits per heavy atom. The van der Waals surface area contributed by atoms with Crippen molar-refractivity contribution < 1.29 is 0 Å². The summed E-state index contributed by atoms with van der Waals surface area (Å²) in [4.78, 5) is 0. The van der Waals surface area contributed by atoms with Crippen molar-refractivity contribution in [3.63, 3.8) is 0 Å². The van der Waals surface area contributed by atoms with Gasteiger partial charge < -0.3 is 0 Å². The summed E-state index contributed by atoms with van der Waals surface area (Å²) >= 11 is 0. The van der Waals surface area contributed by atoms with E-state index in [0.29, 0.717) is 0 Å². The molecule has 0 radical (unpaired) electrons. The maximum atomic E-state index is 3.95. The Hall–Kier alpha value is -1.04. The van der Waals surface area contributed by atoms with Gasteiger partial charge in [-0.2, -0.15) is 0 Å². The van der Waals surface area contributed by atoms with Gasteiger partial charge in [0.1, 0.15) is 0 Å². The summed E-state index contributed by atoms with van der Waals surface area (Å²) in [5.74, 6) is 0. The summed E-state index contributed by atoms with van der Waals surface area (Å²) in [7, 11) is 0. The Balaban J connectivity index is 4.62. The molecule has 15 heavy (non-hydrogen) atoms. The van der Waals surface area contributed by atoms with E-state index in [2.05, 4.69) is 58.6 Å². The van der Waals surface area contributed by atoms with E-state index >= 15 is 0 Å². The van der Waals surface area contributed by atoms with Crippen molar-refractivity contribution in [1.82, 2.24) is 0 Å². The minimum Gasteiger partial charge on any atom is -0.100 e. The molecule has 0 bridgehead atoms. The van der Waals surface area contributed by atoms with Crippen LogP contribution in [0.25, 0.3) is 0 Å². The molecule has 0 spiro atoms. The van der Waals surface area contributed by atoms with E-state index in [0.717, 1.165) is 19.3 Å². The van der Waals surface area contributed by atoms with Crippen LogP contribution in [-0.2, 0) is 0 Å². The van der Waals surface area contributed by atoms with Gasteiger partial charge in [-0.25, -0.2) is 0 Å². The molecule has 0 saturated heterocycles. The minimum absolute atomic E-state index is 1.08. The number of hydrogen-bond donors (Lipinski definition) is 0. The lowest BCUT2D eigenvalue weighted by molar-refractivity contribution is 0.935. The van der Waals surface area contributed by atoms with E-state index in [4.69, 9.17) is 0 Å². The zero-order valence-electron chi connectivity index (χ0n) is 10.6. The third-order valence-corrected chi connectivity index (χ3v) is 2.31. The second-order valence-corrected chi connectivity index (χ2v) is 3.84. The van der Waals surface area contributed by atoms with Crippen molar-refractivity contribution in [3.8, 4) is 0 Å². The van der Waals surface area contributed by atoms with Gasteiger partial charge in [0.15, 0.2) is 0 Å². The number of rotatable bonds is 6. The van der Waals surface area contributed by atoms with Gasteiger partial charge in [0.05, 0.1) is 0 Å². The molecular formula is C15H24. The standard InChI is InChI=1S/C15H24/c1-6-9-15(10-7-2)14(8-3)12-11-13(4)5/h6,8-10H,4,7,11-12H2,1-3,5H3/b9-6-,14-8+,15-10+. The molecule has 0 heteroatoms. The lowest BCUT2D eigenvalue weighted by atomic mass is 9.97. The maximum Gasteiger partial charge on any atom is -0.0239 e. The summed E-state index contributed by atoms with van der Waals surface area (Å²) in [6, 6.07) is 0. The minimum atomic E-state index is 1.08. The van der Waals surface area contributed by atoms with Crippen molar-refractivity contribution in [2.45, 2.75) is 47.0 Å². The van der Waals surface area contributed by atoms with Crippen LogP contribution in [-0.4, -0.2) is 0 Å². The zero-order valence-corrected chi connectivity index (χ0v) is 10.6. The summed E-state index contributed by atoms with van der Waals surface area (Å²) in [6.45, 7) is 12.4. The maximum absolute atomic E-state index is 3.95. The average Bonchev–Trinajstić information content (AvgIpc) is 2.19. The van der Waals surface area contributed by atoms with Crippen molar-refractivity contribution >= 4 is 0 Å². The summed E-state index contributed by atoms with van der Waals surface area (Å²) in [5.41, 5.74) is 4.05. The lowest BCUT2D eigenvalue weighted by Crippen LogP contribution is -1.88. The smallest absolute Gasteiger partial charge is 0.0239 e. The Labute approximate surface area is 95.1 Å². The van der Waals surface area contributed by atoms with Crippen molar-refractivity contribution in [1.29, 1.82) is 0 Å². The fraction of sp³-hybridized carbons (Fsp3) is 0.467. The average molecular weight is 204 g/mol. The summed E-state index contributed by atoms with van der Waals surface area (Å²) in [6.07, 6.45) is 12.1. The summed E-state index contributed by atoms with van der Waals surface area (Å²) in [5, 5.41) is 0. The molecule has 0 aromatic carbocycles. The molecule has 0 nitrogen and oxygen atoms in total. The van der Waals surface area contributed by atoms with Crippen molar-refractivity contribution in [3.05, 3.63) is 47.6 Å². The Kier molecular flexibility index (Phi) is 7.71. The first-order valence-electron chi connectivity index (χ1n) is 5.78. The van der Waals surface area contributed by atoms with E-state index < -0.39 is 0 Å². The van der Waals surface area contributed by atoms with E-state index in [1.165, 1.54) is 16.7 Å². The van der Waals surface area contributed by atoms with Gasteiger partial charge in [-0.15, -0.1) is 6.58 Å². The van der Waals surface area contributed by atoms with Crippen LogP contribution < -0.4 is 0 Å². The quantitative estimate of drug-likeness (QED) is 0.412. The van der Waals surface area contributed by atoms with Crippen LogP contribution in [0.15, 0.2) is 47.6 Å². The molecule has 84 valence electrons. The van der Waals surface area contributed by atoms with E-state index in [1.54, 1.807) is 0 Å². The number of hydrogen-bond acceptors (Lipinski definition) is 0. The highest BCUT2D eigenvalue weighted by atomic mass is 14.1. The van der Waals surface area contributed by atoms with Crippen molar-refractivity contribution in [2.24, 2.45) is 0 Å². The monoisotopic (exact) mass is 204 g/mol. The third-order valence-electron chi connectivity index (χ3n) is 2.31. The Morgan fingerprint density at radius 3 is 2.27 bits per heavy atom. The lowest BCUT2D eigenvalue weighted by Gasteiger charge is -2.08. The second kappa shape index (κ2) is 8.28. The van der Waals surface area contributed by atoms with E-state index in [1.807, 2.05) is 0 Å². The first-order valence-corrected chi connectivity index (χ1v) is 5.78. The molecule has 0 rings (SSSR count). The fourth-order valence-electron chi connectivity index (χ4n) is 1.51. The predicted molar refractivity (Wildman–Crippen MR) is 71.0 cm³/mol. The Bertz CT molecular complexity index is 274. The highest BCUT2D eigenvalue weighted by Gasteiger charge is 2.00. The van der Waals surface area contributed by atoms with Crippen LogP contribution in [0, 0.1) is 0 Å². The highest BCUT2D eigenvalue weighted by Crippen LogP contribution is 2.20. The third kappa shape index (κ3) is 6.11. The van der Waals surface area contributed by atoms with Gasteiger partial charge in [0.25, 0.3) is 0 Å². The number of allylic oxidation sites excluding steroid dienone is 7. The molecule has 0 saturated carbocycles. The molecule has 0 aliphatic carbocycles. The molecule has 0 unspecified atom stereocenters. The summed E-state index contributed by atoms with van der Waals surface area (Å²) < 4.78 is 0. The second-order valence-electron chi connectivity index (χ2n) is 3.84. The Morgan fingerprint density at radius 1 is 1.20 bits per heavy atom. The largest absolute Gasteiger partial charge is 0.100 e. The molecular weight excluding hydrogens is 180 g/mol. The van der Waals surface area contributed by atoms with Gasteiger partial charge >= 0.3 is 0 Å². The van der Waals surface area contributed by atoms with Gasteiger partial charge in [-0.1, -0.05) is 36.8 Å². The normalized spacial score (nSPS) is 13.6. The van der Waals surface area contributed by atoms with Gasteiger partial charge in [0, 0.05) is 0 Å². The van der Waals surface area contributed by atoms with Gasteiger partial charge in [-0.05, 0) is 51.2 Å². The molecule has 0 heterocycles. The van der Waals surface area contributed by atoms with Crippen LogP contribution in [0.4, 0.5) is 0 Å².